The SMILES string of the molecule is CC(C)(CC(N)=O)n1c(=S)[nH]c2cncc(Cl)c21. The molecule has 0 aliphatic heterocycles. The van der Waals surface area contributed by atoms with Gasteiger partial charge in [-0.2, -0.15) is 0 Å². The van der Waals surface area contributed by atoms with Crippen molar-refractivity contribution < 1.29 is 4.79 Å². The maximum Gasteiger partial charge on any atom is 0.219 e. The summed E-state index contributed by atoms with van der Waals surface area (Å²) in [4.78, 5) is 18.2. The largest absolute Gasteiger partial charge is 0.370 e. The van der Waals surface area contributed by atoms with E-state index in [2.05, 4.69) is 9.97 Å². The molecule has 3 N–H and O–H groups in total. The molecule has 2 heterocycles. The molecule has 1 amide bonds. The lowest BCUT2D eigenvalue weighted by molar-refractivity contribution is -0.119. The number of aromatic amines is 1. The summed E-state index contributed by atoms with van der Waals surface area (Å²) in [6.07, 6.45) is 3.37. The molecule has 0 aliphatic rings. The molecule has 0 bridgehead atoms. The van der Waals surface area contributed by atoms with Crippen molar-refractivity contribution in [2.24, 2.45) is 5.73 Å². The first-order chi connectivity index (χ1) is 8.33. The van der Waals surface area contributed by atoms with Crippen LogP contribution >= 0.6 is 23.8 Å². The van der Waals surface area contributed by atoms with Gasteiger partial charge in [0.15, 0.2) is 4.77 Å². The highest BCUT2D eigenvalue weighted by Gasteiger charge is 2.26. The lowest BCUT2D eigenvalue weighted by Crippen LogP contribution is -2.32. The van der Waals surface area contributed by atoms with Gasteiger partial charge in [-0.3, -0.25) is 9.78 Å². The van der Waals surface area contributed by atoms with Gasteiger partial charge in [-0.1, -0.05) is 11.6 Å². The van der Waals surface area contributed by atoms with Crippen molar-refractivity contribution in [2.75, 3.05) is 0 Å². The highest BCUT2D eigenvalue weighted by molar-refractivity contribution is 7.71. The van der Waals surface area contributed by atoms with Crippen molar-refractivity contribution in [2.45, 2.75) is 25.8 Å². The molecule has 0 unspecified atom stereocenters. The van der Waals surface area contributed by atoms with E-state index in [1.165, 1.54) is 0 Å². The number of nitrogens with zero attached hydrogens (tertiary/aromatic N) is 2. The van der Waals surface area contributed by atoms with Crippen LogP contribution in [0.5, 0.6) is 0 Å². The van der Waals surface area contributed by atoms with Gasteiger partial charge in [0, 0.05) is 12.6 Å². The molecular weight excluding hydrogens is 272 g/mol. The summed E-state index contributed by atoms with van der Waals surface area (Å²) in [5.41, 5.74) is 6.21. The van der Waals surface area contributed by atoms with E-state index >= 15 is 0 Å². The number of carbonyl (C=O) groups is 1. The average molecular weight is 285 g/mol. The van der Waals surface area contributed by atoms with E-state index in [1.807, 2.05) is 18.4 Å². The second kappa shape index (κ2) is 4.37. The quantitative estimate of drug-likeness (QED) is 0.850. The summed E-state index contributed by atoms with van der Waals surface area (Å²) in [6, 6.07) is 0. The van der Waals surface area contributed by atoms with Gasteiger partial charge < -0.3 is 15.3 Å². The van der Waals surface area contributed by atoms with Crippen LogP contribution in [0.2, 0.25) is 5.02 Å². The van der Waals surface area contributed by atoms with Crippen molar-refractivity contribution in [1.82, 2.24) is 14.5 Å². The van der Waals surface area contributed by atoms with E-state index < -0.39 is 5.54 Å². The number of nitrogens with one attached hydrogen (secondary N) is 1. The number of amides is 1. The number of imidazole rings is 1. The number of aromatic nitrogens is 3. The van der Waals surface area contributed by atoms with Gasteiger partial charge >= 0.3 is 0 Å². The van der Waals surface area contributed by atoms with Crippen LogP contribution in [-0.2, 0) is 10.3 Å². The number of nitrogens with two attached hydrogens (primary N) is 1. The maximum atomic E-state index is 11.2. The van der Waals surface area contributed by atoms with Crippen molar-refractivity contribution in [1.29, 1.82) is 0 Å². The molecule has 2 aromatic rings. The molecule has 5 nitrogen and oxygen atoms in total. The van der Waals surface area contributed by atoms with Crippen molar-refractivity contribution in [3.05, 3.63) is 22.2 Å². The van der Waals surface area contributed by atoms with E-state index in [9.17, 15) is 4.79 Å². The van der Waals surface area contributed by atoms with Gasteiger partial charge in [0.05, 0.1) is 27.8 Å². The zero-order valence-corrected chi connectivity index (χ0v) is 11.6. The summed E-state index contributed by atoms with van der Waals surface area (Å²) in [5.74, 6) is -0.388. The number of pyridine rings is 1. The molecule has 0 radical (unpaired) electrons. The number of halogens is 1. The normalized spacial score (nSPS) is 11.9. The summed E-state index contributed by atoms with van der Waals surface area (Å²) in [6.45, 7) is 3.77. The third kappa shape index (κ3) is 2.13. The van der Waals surface area contributed by atoms with Crippen molar-refractivity contribution in [3.8, 4) is 0 Å². The minimum atomic E-state index is -0.549. The molecule has 0 spiro atoms. The van der Waals surface area contributed by atoms with E-state index in [-0.39, 0.29) is 12.3 Å². The van der Waals surface area contributed by atoms with Gasteiger partial charge in [0.1, 0.15) is 0 Å². The lowest BCUT2D eigenvalue weighted by atomic mass is 10.00. The Hall–Kier alpha value is -1.40. The molecule has 0 aromatic carbocycles. The first-order valence-electron chi connectivity index (χ1n) is 5.36. The van der Waals surface area contributed by atoms with E-state index in [1.54, 1.807) is 12.4 Å². The third-order valence-corrected chi connectivity index (χ3v) is 3.31. The van der Waals surface area contributed by atoms with Crippen LogP contribution in [0.3, 0.4) is 0 Å². The number of H-pyrrole nitrogens is 1. The molecule has 0 fully saturated rings. The summed E-state index contributed by atoms with van der Waals surface area (Å²) in [5, 5.41) is 0.484. The minimum absolute atomic E-state index is 0.174. The maximum absolute atomic E-state index is 11.2. The highest BCUT2D eigenvalue weighted by Crippen LogP contribution is 2.30. The minimum Gasteiger partial charge on any atom is -0.370 e. The van der Waals surface area contributed by atoms with Gasteiger partial charge in [-0.15, -0.1) is 0 Å². The van der Waals surface area contributed by atoms with Crippen LogP contribution in [0.15, 0.2) is 12.4 Å². The molecule has 7 heteroatoms. The first kappa shape index (κ1) is 13.0. The molecule has 2 aromatic heterocycles. The summed E-state index contributed by atoms with van der Waals surface area (Å²) in [7, 11) is 0. The van der Waals surface area contributed by atoms with Gasteiger partial charge in [0.25, 0.3) is 0 Å². The molecule has 0 atom stereocenters. The Bertz CT molecular complexity index is 673. The highest BCUT2D eigenvalue weighted by atomic mass is 35.5. The molecule has 18 heavy (non-hydrogen) atoms. The standard InChI is InChI=1S/C11H13ClN4OS/c1-11(2,3-8(13)17)16-9-6(12)4-14-5-7(9)15-10(16)18/h4-5H,3H2,1-2H3,(H2,13,17)(H,15,18). The zero-order valence-electron chi connectivity index (χ0n) is 10.0. The second-order valence-electron chi connectivity index (χ2n) is 4.74. The fourth-order valence-corrected chi connectivity index (χ4v) is 2.79. The fraction of sp³-hybridized carbons (Fsp3) is 0.364. The van der Waals surface area contributed by atoms with Crippen LogP contribution < -0.4 is 5.73 Å². The Balaban J connectivity index is 2.74. The average Bonchev–Trinajstić information content (AvgIpc) is 2.54. The topological polar surface area (TPSA) is 76.7 Å². The Kier molecular flexibility index (Phi) is 3.16. The monoisotopic (exact) mass is 284 g/mol. The number of hydrogen-bond donors (Lipinski definition) is 2. The zero-order chi connectivity index (χ0) is 13.5. The van der Waals surface area contributed by atoms with Gasteiger partial charge in [0.2, 0.25) is 5.91 Å². The number of rotatable bonds is 3. The summed E-state index contributed by atoms with van der Waals surface area (Å²) < 4.78 is 2.30. The van der Waals surface area contributed by atoms with Crippen molar-refractivity contribution in [3.63, 3.8) is 0 Å². The summed E-state index contributed by atoms with van der Waals surface area (Å²) >= 11 is 11.4. The van der Waals surface area contributed by atoms with Crippen LogP contribution in [-0.4, -0.2) is 20.4 Å². The van der Waals surface area contributed by atoms with E-state index in [0.717, 1.165) is 11.0 Å². The Morgan fingerprint density at radius 1 is 1.61 bits per heavy atom. The van der Waals surface area contributed by atoms with Crippen LogP contribution in [0.25, 0.3) is 11.0 Å². The molecule has 2 rings (SSSR count). The lowest BCUT2D eigenvalue weighted by Gasteiger charge is -2.26. The predicted molar refractivity (Wildman–Crippen MR) is 73.1 cm³/mol. The van der Waals surface area contributed by atoms with Crippen molar-refractivity contribution >= 4 is 40.8 Å². The third-order valence-electron chi connectivity index (χ3n) is 2.75. The number of primary amides is 1. The van der Waals surface area contributed by atoms with E-state index in [0.29, 0.717) is 9.79 Å². The Labute approximate surface area is 114 Å². The fourth-order valence-electron chi connectivity index (χ4n) is 2.10. The molecule has 0 aliphatic carbocycles. The van der Waals surface area contributed by atoms with Gasteiger partial charge in [-0.05, 0) is 26.1 Å². The molecule has 0 saturated carbocycles. The number of hydrogen-bond acceptors (Lipinski definition) is 3. The Morgan fingerprint density at radius 2 is 2.28 bits per heavy atom. The second-order valence-corrected chi connectivity index (χ2v) is 5.53. The van der Waals surface area contributed by atoms with Crippen LogP contribution in [0.4, 0.5) is 0 Å². The van der Waals surface area contributed by atoms with Gasteiger partial charge in [-0.25, -0.2) is 0 Å². The molecule has 96 valence electrons. The van der Waals surface area contributed by atoms with E-state index in [4.69, 9.17) is 29.6 Å². The Morgan fingerprint density at radius 3 is 2.89 bits per heavy atom. The first-order valence-corrected chi connectivity index (χ1v) is 6.14. The van der Waals surface area contributed by atoms with Crippen LogP contribution in [0.1, 0.15) is 20.3 Å². The molecular formula is C11H13ClN4OS. The predicted octanol–water partition coefficient (Wildman–Crippen LogP) is 2.36. The van der Waals surface area contributed by atoms with Crippen LogP contribution in [0, 0.1) is 4.77 Å². The number of carbonyl (C=O) groups excluding carboxylic acids is 1. The molecule has 0 saturated heterocycles. The number of fused-ring (bicyclic) bond motifs is 1. The smallest absolute Gasteiger partial charge is 0.219 e.